The molecule has 0 amide bonds. The van der Waals surface area contributed by atoms with Crippen LogP contribution >= 0.6 is 0 Å². The summed E-state index contributed by atoms with van der Waals surface area (Å²) in [6, 6.07) is 41.7. The number of hydrogen-bond donors (Lipinski definition) is 0. The average Bonchev–Trinajstić information content (AvgIpc) is 3.35. The van der Waals surface area contributed by atoms with Gasteiger partial charge >= 0.3 is 0 Å². The topological polar surface area (TPSA) is 13.1 Å². The summed E-state index contributed by atoms with van der Waals surface area (Å²) in [6.07, 6.45) is 4.58. The maximum atomic E-state index is 6.30. The van der Waals surface area contributed by atoms with E-state index in [0.717, 1.165) is 29.6 Å². The van der Waals surface area contributed by atoms with Gasteiger partial charge in [0, 0.05) is 16.3 Å². The van der Waals surface area contributed by atoms with Gasteiger partial charge in [0.15, 0.2) is 0 Å². The molecule has 0 bridgehead atoms. The third-order valence-electron chi connectivity index (χ3n) is 7.97. The zero-order valence-corrected chi connectivity index (χ0v) is 20.4. The summed E-state index contributed by atoms with van der Waals surface area (Å²) in [5.41, 5.74) is 9.78. The van der Waals surface area contributed by atoms with Crippen LogP contribution in [0.5, 0.6) is 0 Å². The Bertz CT molecular complexity index is 2040. The standard InChI is InChI=1S/C36H24O/c1-2-7-30-23(6-1)12-13-24-14-15-28(22-34(24)30)26-16-17-27-21-29(19-18-25(27)20-26)31-9-5-10-33-32-8-3-4-11-35(32)37-36(31)33/h1-13,16-22H,14-15H2. The molecule has 0 saturated heterocycles. The van der Waals surface area contributed by atoms with Crippen molar-refractivity contribution in [3.8, 4) is 11.1 Å². The molecular weight excluding hydrogens is 448 g/mol. The Morgan fingerprint density at radius 3 is 2.16 bits per heavy atom. The number of allylic oxidation sites excluding steroid dienone is 1. The number of fused-ring (bicyclic) bond motifs is 7. The summed E-state index contributed by atoms with van der Waals surface area (Å²) >= 11 is 0. The molecular formula is C36H24O. The van der Waals surface area contributed by atoms with Gasteiger partial charge in [0.05, 0.1) is 0 Å². The molecule has 174 valence electrons. The fraction of sp³-hybridized carbons (Fsp3) is 0.0556. The molecule has 7 aromatic rings. The molecule has 1 aromatic heterocycles. The number of hydrogen-bond acceptors (Lipinski definition) is 1. The minimum Gasteiger partial charge on any atom is -0.455 e. The van der Waals surface area contributed by atoms with Gasteiger partial charge in [-0.15, -0.1) is 0 Å². The van der Waals surface area contributed by atoms with Crippen LogP contribution in [0.2, 0.25) is 0 Å². The smallest absolute Gasteiger partial charge is 0.143 e. The molecule has 0 radical (unpaired) electrons. The van der Waals surface area contributed by atoms with Gasteiger partial charge in [-0.25, -0.2) is 0 Å². The molecule has 37 heavy (non-hydrogen) atoms. The van der Waals surface area contributed by atoms with Crippen LogP contribution in [0.4, 0.5) is 0 Å². The lowest BCUT2D eigenvalue weighted by atomic mass is 9.85. The second-order valence-corrected chi connectivity index (χ2v) is 10.1. The maximum absolute atomic E-state index is 6.30. The lowest BCUT2D eigenvalue weighted by Gasteiger charge is -2.19. The number of para-hydroxylation sites is 2. The Kier molecular flexibility index (Phi) is 4.41. The van der Waals surface area contributed by atoms with Gasteiger partial charge in [-0.2, -0.15) is 0 Å². The maximum Gasteiger partial charge on any atom is 0.143 e. The summed E-state index contributed by atoms with van der Waals surface area (Å²) in [6.45, 7) is 0. The van der Waals surface area contributed by atoms with E-state index in [1.54, 1.807) is 0 Å². The van der Waals surface area contributed by atoms with Crippen molar-refractivity contribution < 1.29 is 4.42 Å². The van der Waals surface area contributed by atoms with Crippen molar-refractivity contribution in [2.24, 2.45) is 0 Å². The highest BCUT2D eigenvalue weighted by Crippen LogP contribution is 2.38. The van der Waals surface area contributed by atoms with E-state index in [1.165, 1.54) is 60.1 Å². The Labute approximate surface area is 215 Å². The van der Waals surface area contributed by atoms with Crippen LogP contribution in [0.25, 0.3) is 66.3 Å². The monoisotopic (exact) mass is 472 g/mol. The zero-order valence-electron chi connectivity index (χ0n) is 20.4. The Hall–Kier alpha value is -4.62. The van der Waals surface area contributed by atoms with Crippen LogP contribution in [-0.4, -0.2) is 0 Å². The molecule has 1 aliphatic rings. The summed E-state index contributed by atoms with van der Waals surface area (Å²) in [7, 11) is 0. The van der Waals surface area contributed by atoms with E-state index in [9.17, 15) is 0 Å². The molecule has 1 heterocycles. The van der Waals surface area contributed by atoms with Gasteiger partial charge in [-0.05, 0) is 80.4 Å². The van der Waals surface area contributed by atoms with Gasteiger partial charge < -0.3 is 4.42 Å². The van der Waals surface area contributed by atoms with Crippen molar-refractivity contribution in [1.82, 2.24) is 0 Å². The van der Waals surface area contributed by atoms with E-state index in [4.69, 9.17) is 4.42 Å². The Morgan fingerprint density at radius 1 is 0.514 bits per heavy atom. The van der Waals surface area contributed by atoms with Crippen LogP contribution in [0.3, 0.4) is 0 Å². The number of benzene rings is 6. The van der Waals surface area contributed by atoms with E-state index < -0.39 is 0 Å². The van der Waals surface area contributed by atoms with E-state index in [-0.39, 0.29) is 0 Å². The quantitative estimate of drug-likeness (QED) is 0.244. The highest BCUT2D eigenvalue weighted by atomic mass is 16.3. The van der Waals surface area contributed by atoms with Gasteiger partial charge in [0.1, 0.15) is 11.2 Å². The summed E-state index contributed by atoms with van der Waals surface area (Å²) in [5, 5.41) is 7.51. The third-order valence-corrected chi connectivity index (χ3v) is 7.97. The number of aryl methyl sites for hydroxylation is 1. The minimum atomic E-state index is 0.936. The van der Waals surface area contributed by atoms with Gasteiger partial charge in [-0.3, -0.25) is 0 Å². The van der Waals surface area contributed by atoms with Crippen molar-refractivity contribution in [3.05, 3.63) is 132 Å². The van der Waals surface area contributed by atoms with Crippen LogP contribution < -0.4 is 0 Å². The minimum absolute atomic E-state index is 0.936. The normalized spacial score (nSPS) is 13.4. The average molecular weight is 473 g/mol. The molecule has 0 aliphatic heterocycles. The van der Waals surface area contributed by atoms with Crippen molar-refractivity contribution in [3.63, 3.8) is 0 Å². The first-order chi connectivity index (χ1) is 18.3. The first-order valence-electron chi connectivity index (χ1n) is 13.0. The first-order valence-corrected chi connectivity index (χ1v) is 13.0. The Morgan fingerprint density at radius 2 is 1.24 bits per heavy atom. The molecule has 0 atom stereocenters. The van der Waals surface area contributed by atoms with Gasteiger partial charge in [0.25, 0.3) is 0 Å². The van der Waals surface area contributed by atoms with Gasteiger partial charge in [0.2, 0.25) is 0 Å². The number of furan rings is 1. The molecule has 0 spiro atoms. The molecule has 0 fully saturated rings. The second kappa shape index (κ2) is 7.94. The number of rotatable bonds is 2. The fourth-order valence-corrected chi connectivity index (χ4v) is 6.06. The van der Waals surface area contributed by atoms with Crippen LogP contribution in [0.1, 0.15) is 23.1 Å². The second-order valence-electron chi connectivity index (χ2n) is 10.1. The van der Waals surface area contributed by atoms with E-state index >= 15 is 0 Å². The van der Waals surface area contributed by atoms with Crippen molar-refractivity contribution in [2.45, 2.75) is 12.8 Å². The van der Waals surface area contributed by atoms with Crippen molar-refractivity contribution in [1.29, 1.82) is 0 Å². The molecule has 1 heteroatoms. The van der Waals surface area contributed by atoms with E-state index in [0.29, 0.717) is 0 Å². The lowest BCUT2D eigenvalue weighted by molar-refractivity contribution is 0.670. The summed E-state index contributed by atoms with van der Waals surface area (Å²) < 4.78 is 6.30. The molecule has 1 nitrogen and oxygen atoms in total. The van der Waals surface area contributed by atoms with Crippen LogP contribution in [0, 0.1) is 0 Å². The van der Waals surface area contributed by atoms with E-state index in [1.807, 2.05) is 12.1 Å². The van der Waals surface area contributed by atoms with E-state index in [2.05, 4.69) is 109 Å². The summed E-state index contributed by atoms with van der Waals surface area (Å²) in [5.74, 6) is 0. The largest absolute Gasteiger partial charge is 0.455 e. The molecule has 0 saturated carbocycles. The van der Waals surface area contributed by atoms with Crippen molar-refractivity contribution in [2.75, 3.05) is 0 Å². The zero-order chi connectivity index (χ0) is 24.3. The van der Waals surface area contributed by atoms with Crippen LogP contribution in [-0.2, 0) is 6.42 Å². The third kappa shape index (κ3) is 3.24. The fourth-order valence-electron chi connectivity index (χ4n) is 6.06. The predicted molar refractivity (Wildman–Crippen MR) is 157 cm³/mol. The predicted octanol–water partition coefficient (Wildman–Crippen LogP) is 10.0. The SMILES string of the molecule is C1=C(c2ccc3cc(-c4cccc5c4oc4ccccc45)ccc3c2)CCc2ccc3ccccc3c21. The van der Waals surface area contributed by atoms with Crippen LogP contribution in [0.15, 0.2) is 120 Å². The summed E-state index contributed by atoms with van der Waals surface area (Å²) in [4.78, 5) is 0. The first kappa shape index (κ1) is 20.6. The lowest BCUT2D eigenvalue weighted by Crippen LogP contribution is -2.00. The molecule has 0 unspecified atom stereocenters. The highest BCUT2D eigenvalue weighted by molar-refractivity contribution is 6.10. The Balaban J connectivity index is 1.22. The molecule has 8 rings (SSSR count). The molecule has 1 aliphatic carbocycles. The van der Waals surface area contributed by atoms with Gasteiger partial charge in [-0.1, -0.05) is 103 Å². The molecule has 6 aromatic carbocycles. The highest BCUT2D eigenvalue weighted by Gasteiger charge is 2.16. The molecule has 0 N–H and O–H groups in total. The van der Waals surface area contributed by atoms with Crippen molar-refractivity contribution >= 4 is 55.1 Å².